The summed E-state index contributed by atoms with van der Waals surface area (Å²) in [7, 11) is 0. The van der Waals surface area contributed by atoms with Gasteiger partial charge in [0.05, 0.1) is 43.7 Å². The van der Waals surface area contributed by atoms with Crippen molar-refractivity contribution in [3.8, 4) is 56.7 Å². The van der Waals surface area contributed by atoms with Crippen molar-refractivity contribution in [1.29, 1.82) is 0 Å². The van der Waals surface area contributed by atoms with Crippen LogP contribution in [0.2, 0.25) is 0 Å². The van der Waals surface area contributed by atoms with E-state index in [1.165, 1.54) is 20.2 Å². The van der Waals surface area contributed by atoms with Crippen molar-refractivity contribution in [3.63, 3.8) is 0 Å². The topological polar surface area (TPSA) is 61.4 Å². The molecule has 0 spiro atoms. The fourth-order valence-electron chi connectivity index (χ4n) is 9.28. The summed E-state index contributed by atoms with van der Waals surface area (Å²) < 4.78 is 7.01. The maximum Gasteiger partial charge on any atom is 0.162 e. The molecule has 7 aromatic carbocycles. The number of hydrogen-bond donors (Lipinski definition) is 0. The van der Waals surface area contributed by atoms with Crippen LogP contribution in [0.1, 0.15) is 0 Å². The summed E-state index contributed by atoms with van der Waals surface area (Å²) >= 11 is 1.78. The lowest BCUT2D eigenvalue weighted by Crippen LogP contribution is -2.02. The smallest absolute Gasteiger partial charge is 0.162 e. The molecule has 7 heteroatoms. The molecule has 0 saturated carbocycles. The van der Waals surface area contributed by atoms with Gasteiger partial charge in [-0.05, 0) is 77.9 Å². The van der Waals surface area contributed by atoms with Gasteiger partial charge in [0.1, 0.15) is 11.6 Å². The number of aromatic nitrogens is 6. The second-order valence-corrected chi connectivity index (χ2v) is 17.0. The molecule has 13 aromatic rings. The molecule has 63 heavy (non-hydrogen) atoms. The molecule has 0 radical (unpaired) electrons. The lowest BCUT2D eigenvalue weighted by molar-refractivity contribution is 1.05. The van der Waals surface area contributed by atoms with E-state index < -0.39 is 0 Å². The Kier molecular flexibility index (Phi) is 7.98. The molecule has 0 bridgehead atoms. The summed E-state index contributed by atoms with van der Waals surface area (Å²) in [4.78, 5) is 20.4. The minimum atomic E-state index is 0.688. The largest absolute Gasteiger partial charge is 0.294 e. The molecule has 6 aromatic heterocycles. The van der Waals surface area contributed by atoms with Crippen molar-refractivity contribution in [2.24, 2.45) is 0 Å². The molecule has 0 unspecified atom stereocenters. The fraction of sp³-hybridized carbons (Fsp3) is 0. The molecule has 0 saturated heterocycles. The zero-order valence-electron chi connectivity index (χ0n) is 33.7. The summed E-state index contributed by atoms with van der Waals surface area (Å²) in [6, 6.07) is 70.7. The van der Waals surface area contributed by atoms with E-state index in [0.29, 0.717) is 5.82 Å². The molecule has 6 nitrogen and oxygen atoms in total. The highest BCUT2D eigenvalue weighted by atomic mass is 32.1. The number of nitrogens with zero attached hydrogens (tertiary/aromatic N) is 6. The first-order chi connectivity index (χ1) is 31.2. The monoisotopic (exact) mass is 822 g/mol. The van der Waals surface area contributed by atoms with Gasteiger partial charge in [0.2, 0.25) is 0 Å². The van der Waals surface area contributed by atoms with Crippen LogP contribution in [-0.2, 0) is 0 Å². The highest BCUT2D eigenvalue weighted by molar-refractivity contribution is 7.25. The minimum absolute atomic E-state index is 0.688. The Morgan fingerprint density at radius 1 is 0.333 bits per heavy atom. The van der Waals surface area contributed by atoms with Crippen LogP contribution in [0.5, 0.6) is 0 Å². The van der Waals surface area contributed by atoms with Crippen LogP contribution >= 0.6 is 11.3 Å². The van der Waals surface area contributed by atoms with Crippen LogP contribution in [0, 0.1) is 0 Å². The molecule has 0 amide bonds. The van der Waals surface area contributed by atoms with Gasteiger partial charge in [0, 0.05) is 60.6 Å². The van der Waals surface area contributed by atoms with Crippen LogP contribution in [0.25, 0.3) is 121 Å². The SMILES string of the molecule is c1ccc(-c2cc(-n3c4ccccc4c4cc(-c5ccc6c7ccccc7n(-c7cccc(-c8ccc9sc%10cccnc%10c9c8)n7)c6c5)ccc43)nc(-c3ccccc3)n2)cc1. The van der Waals surface area contributed by atoms with Crippen LogP contribution in [0.3, 0.4) is 0 Å². The lowest BCUT2D eigenvalue weighted by atomic mass is 10.0. The summed E-state index contributed by atoms with van der Waals surface area (Å²) in [6.07, 6.45) is 1.87. The van der Waals surface area contributed by atoms with Crippen LogP contribution < -0.4 is 0 Å². The normalized spacial score (nSPS) is 11.8. The minimum Gasteiger partial charge on any atom is -0.294 e. The van der Waals surface area contributed by atoms with Gasteiger partial charge >= 0.3 is 0 Å². The van der Waals surface area contributed by atoms with E-state index in [2.05, 4.69) is 179 Å². The van der Waals surface area contributed by atoms with Gasteiger partial charge in [-0.15, -0.1) is 11.3 Å². The third kappa shape index (κ3) is 5.78. The molecule has 0 fully saturated rings. The van der Waals surface area contributed by atoms with Crippen molar-refractivity contribution in [2.75, 3.05) is 0 Å². The zero-order chi connectivity index (χ0) is 41.4. The van der Waals surface area contributed by atoms with E-state index in [0.717, 1.165) is 94.6 Å². The molecule has 0 aliphatic heterocycles. The summed E-state index contributed by atoms with van der Waals surface area (Å²) in [5, 5.41) is 5.86. The molecule has 13 rings (SSSR count). The van der Waals surface area contributed by atoms with Gasteiger partial charge in [-0.1, -0.05) is 127 Å². The molecule has 0 atom stereocenters. The van der Waals surface area contributed by atoms with Gasteiger partial charge in [0.15, 0.2) is 5.82 Å². The van der Waals surface area contributed by atoms with Crippen molar-refractivity contribution in [2.45, 2.75) is 0 Å². The van der Waals surface area contributed by atoms with Crippen molar-refractivity contribution in [1.82, 2.24) is 29.1 Å². The Hall–Kier alpha value is -8.26. The number of rotatable bonds is 6. The Morgan fingerprint density at radius 3 is 1.81 bits per heavy atom. The quantitative estimate of drug-likeness (QED) is 0.168. The number of hydrogen-bond acceptors (Lipinski definition) is 5. The average Bonchev–Trinajstić information content (AvgIpc) is 4.01. The number of fused-ring (bicyclic) bond motifs is 9. The van der Waals surface area contributed by atoms with E-state index in [1.54, 1.807) is 11.3 Å². The highest BCUT2D eigenvalue weighted by Gasteiger charge is 2.19. The number of thiophene rings is 1. The summed E-state index contributed by atoms with van der Waals surface area (Å²) in [5.41, 5.74) is 12.6. The summed E-state index contributed by atoms with van der Waals surface area (Å²) in [5.74, 6) is 2.38. The average molecular weight is 823 g/mol. The lowest BCUT2D eigenvalue weighted by Gasteiger charge is -2.12. The highest BCUT2D eigenvalue weighted by Crippen LogP contribution is 2.40. The van der Waals surface area contributed by atoms with Crippen LogP contribution in [0.15, 0.2) is 206 Å². The Bertz CT molecular complexity index is 3860. The fourth-order valence-corrected chi connectivity index (χ4v) is 10.3. The molecule has 6 heterocycles. The Labute approximate surface area is 365 Å². The molecule has 294 valence electrons. The standard InChI is InChI=1S/C56H34N6S/c1-3-13-35(14-4-1)46-34-54(60-56(59-46)36-15-5-2-6-16-36)61-48-21-10-8-18-41(48)43-31-37(25-28-49(43)61)38-24-27-42-40-17-7-9-20-47(40)62(50(42)33-38)53-23-11-19-45(58-53)39-26-29-51-44(32-39)55-52(63-51)22-12-30-57-55/h1-34H. The zero-order valence-corrected chi connectivity index (χ0v) is 34.5. The predicted octanol–water partition coefficient (Wildman–Crippen LogP) is 14.5. The summed E-state index contributed by atoms with van der Waals surface area (Å²) in [6.45, 7) is 0. The van der Waals surface area contributed by atoms with E-state index in [-0.39, 0.29) is 0 Å². The number of para-hydroxylation sites is 2. The van der Waals surface area contributed by atoms with Gasteiger partial charge in [-0.2, -0.15) is 0 Å². The second kappa shape index (κ2) is 14.2. The number of pyridine rings is 2. The maximum absolute atomic E-state index is 5.35. The molecule has 0 aliphatic carbocycles. The van der Waals surface area contributed by atoms with Crippen molar-refractivity contribution in [3.05, 3.63) is 206 Å². The first-order valence-electron chi connectivity index (χ1n) is 21.0. The van der Waals surface area contributed by atoms with Crippen molar-refractivity contribution >= 4 is 75.3 Å². The Morgan fingerprint density at radius 2 is 0.984 bits per heavy atom. The molecule has 0 aliphatic rings. The first-order valence-corrected chi connectivity index (χ1v) is 21.9. The third-order valence-corrected chi connectivity index (χ3v) is 13.3. The van der Waals surface area contributed by atoms with E-state index in [4.69, 9.17) is 19.9 Å². The molecule has 0 N–H and O–H groups in total. The van der Waals surface area contributed by atoms with Gasteiger partial charge in [-0.25, -0.2) is 15.0 Å². The van der Waals surface area contributed by atoms with E-state index in [9.17, 15) is 0 Å². The predicted molar refractivity (Wildman–Crippen MR) is 261 cm³/mol. The van der Waals surface area contributed by atoms with Gasteiger partial charge in [0.25, 0.3) is 0 Å². The van der Waals surface area contributed by atoms with Crippen LogP contribution in [-0.4, -0.2) is 29.1 Å². The first kappa shape index (κ1) is 35.5. The Balaban J connectivity index is 0.961. The molecular weight excluding hydrogens is 789 g/mol. The van der Waals surface area contributed by atoms with E-state index >= 15 is 0 Å². The third-order valence-electron chi connectivity index (χ3n) is 12.2. The van der Waals surface area contributed by atoms with Gasteiger partial charge < -0.3 is 0 Å². The van der Waals surface area contributed by atoms with Crippen molar-refractivity contribution < 1.29 is 0 Å². The van der Waals surface area contributed by atoms with Crippen LogP contribution in [0.4, 0.5) is 0 Å². The number of benzene rings is 7. The second-order valence-electron chi connectivity index (χ2n) is 15.9. The van der Waals surface area contributed by atoms with E-state index in [1.807, 2.05) is 36.5 Å². The maximum atomic E-state index is 5.35. The van der Waals surface area contributed by atoms with Gasteiger partial charge in [-0.3, -0.25) is 14.1 Å². The molecular formula is C56H34N6S.